The molecule has 0 fully saturated rings. The number of ether oxygens (including phenoxy) is 2. The minimum atomic E-state index is -4.64. The Morgan fingerprint density at radius 1 is 1.05 bits per heavy atom. The number of nitrogens with two attached hydrogens (primary N) is 1. The number of hydrogen-bond donors (Lipinski definition) is 2. The molecule has 3 aromatic heterocycles. The molecule has 0 aliphatic heterocycles. The first-order valence-corrected chi connectivity index (χ1v) is 11.0. The van der Waals surface area contributed by atoms with Gasteiger partial charge in [0.2, 0.25) is 11.8 Å². The molecule has 3 heterocycles. The fraction of sp³-hybridized carbons (Fsp3) is 0.292. The maximum absolute atomic E-state index is 13.3. The average Bonchev–Trinajstić information content (AvgIpc) is 3.33. The van der Waals surface area contributed by atoms with Crippen LogP contribution in [0.4, 0.5) is 13.2 Å². The van der Waals surface area contributed by atoms with Gasteiger partial charge in [-0.1, -0.05) is 0 Å². The van der Waals surface area contributed by atoms with Crippen LogP contribution in [-0.2, 0) is 6.18 Å². The number of nitrogens with zero attached hydrogens (tertiary/aromatic N) is 4. The topological polar surface area (TPSA) is 138 Å². The predicted molar refractivity (Wildman–Crippen MR) is 126 cm³/mol. The molecule has 2 atom stereocenters. The van der Waals surface area contributed by atoms with Crippen molar-refractivity contribution < 1.29 is 31.9 Å². The number of pyridine rings is 1. The number of carbonyl (C=O) groups excluding carboxylic acids is 1. The summed E-state index contributed by atoms with van der Waals surface area (Å²) in [6, 6.07) is 3.78. The van der Waals surface area contributed by atoms with E-state index < -0.39 is 29.9 Å². The van der Waals surface area contributed by atoms with Crippen molar-refractivity contribution in [3.8, 4) is 23.1 Å². The van der Waals surface area contributed by atoms with E-state index in [1.807, 2.05) is 0 Å². The van der Waals surface area contributed by atoms with Crippen LogP contribution >= 0.6 is 0 Å². The summed E-state index contributed by atoms with van der Waals surface area (Å²) in [5.74, 6) is -0.142. The van der Waals surface area contributed by atoms with Crippen LogP contribution in [0.3, 0.4) is 0 Å². The van der Waals surface area contributed by atoms with E-state index in [4.69, 9.17) is 19.6 Å². The molecule has 3 N–H and O–H groups in total. The van der Waals surface area contributed by atoms with Crippen molar-refractivity contribution >= 4 is 16.8 Å². The van der Waals surface area contributed by atoms with Gasteiger partial charge in [-0.3, -0.25) is 9.78 Å². The highest BCUT2D eigenvalue weighted by Gasteiger charge is 2.33. The highest BCUT2D eigenvalue weighted by atomic mass is 19.4. The fourth-order valence-electron chi connectivity index (χ4n) is 3.74. The molecule has 0 aliphatic rings. The summed E-state index contributed by atoms with van der Waals surface area (Å²) in [5, 5.41) is 3.06. The van der Waals surface area contributed by atoms with Crippen LogP contribution in [0.5, 0.6) is 11.6 Å². The molecule has 1 amide bonds. The Morgan fingerprint density at radius 2 is 1.78 bits per heavy atom. The monoisotopic (exact) mass is 516 g/mol. The van der Waals surface area contributed by atoms with Crippen molar-refractivity contribution in [2.45, 2.75) is 32.1 Å². The Bertz CT molecular complexity index is 1450. The Labute approximate surface area is 209 Å². The lowest BCUT2D eigenvalue weighted by atomic mass is 10.1. The molecule has 0 bridgehead atoms. The van der Waals surface area contributed by atoms with Gasteiger partial charge in [0, 0.05) is 23.3 Å². The molecule has 0 radical (unpaired) electrons. The Hall–Kier alpha value is -4.26. The van der Waals surface area contributed by atoms with Gasteiger partial charge >= 0.3 is 6.18 Å². The number of fused-ring (bicyclic) bond motifs is 1. The summed E-state index contributed by atoms with van der Waals surface area (Å²) in [6.07, 6.45) is -1.72. The summed E-state index contributed by atoms with van der Waals surface area (Å²) < 4.78 is 56.1. The van der Waals surface area contributed by atoms with Crippen molar-refractivity contribution in [1.82, 2.24) is 25.3 Å². The van der Waals surface area contributed by atoms with Gasteiger partial charge in [-0.2, -0.15) is 13.2 Å². The Kier molecular flexibility index (Phi) is 6.99. The zero-order chi connectivity index (χ0) is 26.9. The third-order valence-corrected chi connectivity index (χ3v) is 5.49. The van der Waals surface area contributed by atoms with Gasteiger partial charge in [-0.05, 0) is 38.1 Å². The summed E-state index contributed by atoms with van der Waals surface area (Å²) in [4.78, 5) is 29.6. The minimum Gasteiger partial charge on any atom is -0.494 e. The van der Waals surface area contributed by atoms with E-state index in [0.717, 1.165) is 6.07 Å². The van der Waals surface area contributed by atoms with Gasteiger partial charge in [0.05, 0.1) is 26.3 Å². The number of nitrogens with one attached hydrogen (secondary N) is 1. The van der Waals surface area contributed by atoms with E-state index in [1.165, 1.54) is 38.7 Å². The van der Waals surface area contributed by atoms with Gasteiger partial charge in [0.25, 0.3) is 5.91 Å². The van der Waals surface area contributed by atoms with E-state index in [2.05, 4.69) is 25.3 Å². The van der Waals surface area contributed by atoms with Crippen LogP contribution in [0.2, 0.25) is 0 Å². The molecule has 0 spiro atoms. The molecule has 4 aromatic rings. The number of carbonyl (C=O) groups is 1. The van der Waals surface area contributed by atoms with Crippen LogP contribution in [0.1, 0.15) is 53.6 Å². The SMILES string of the molecule is COc1nccnc1C(C)NC(=O)c1nc(-c2ccc(OC)c3nc(C(F)(F)F)ccc23)oc1[C@H](C)N. The summed E-state index contributed by atoms with van der Waals surface area (Å²) in [6.45, 7) is 3.30. The van der Waals surface area contributed by atoms with Crippen LogP contribution in [0, 0.1) is 0 Å². The number of hydrogen-bond acceptors (Lipinski definition) is 9. The molecule has 4 rings (SSSR count). The zero-order valence-corrected chi connectivity index (χ0v) is 20.3. The van der Waals surface area contributed by atoms with Gasteiger partial charge in [0.1, 0.15) is 22.7 Å². The first kappa shape index (κ1) is 25.8. The first-order chi connectivity index (χ1) is 17.5. The zero-order valence-electron chi connectivity index (χ0n) is 20.3. The van der Waals surface area contributed by atoms with Gasteiger partial charge in [-0.15, -0.1) is 0 Å². The van der Waals surface area contributed by atoms with Crippen LogP contribution in [-0.4, -0.2) is 40.1 Å². The van der Waals surface area contributed by atoms with Gasteiger partial charge in [-0.25, -0.2) is 15.0 Å². The summed E-state index contributed by atoms with van der Waals surface area (Å²) >= 11 is 0. The number of aromatic nitrogens is 4. The molecule has 10 nitrogen and oxygen atoms in total. The smallest absolute Gasteiger partial charge is 0.433 e. The standard InChI is InChI=1S/C24H23F3N6O4/c1-11(28)20-19(21(34)31-12(2)17-23(36-4)30-10-9-29-17)33-22(37-20)14-5-7-15(35-3)18-13(14)6-8-16(32-18)24(25,26)27/h5-12H,28H2,1-4H3,(H,31,34)/t11-,12?/m0/s1. The molecular weight excluding hydrogens is 493 g/mol. The van der Waals surface area contributed by atoms with E-state index in [9.17, 15) is 18.0 Å². The third kappa shape index (κ3) is 5.03. The molecule has 194 valence electrons. The van der Waals surface area contributed by atoms with Gasteiger partial charge < -0.3 is 24.9 Å². The number of alkyl halides is 3. The van der Waals surface area contributed by atoms with Gasteiger partial charge in [0.15, 0.2) is 11.5 Å². The molecular formula is C24H23F3N6O4. The van der Waals surface area contributed by atoms with E-state index >= 15 is 0 Å². The summed E-state index contributed by atoms with van der Waals surface area (Å²) in [5.41, 5.74) is 5.56. The van der Waals surface area contributed by atoms with Crippen LogP contribution < -0.4 is 20.5 Å². The van der Waals surface area contributed by atoms with Crippen molar-refractivity contribution in [3.63, 3.8) is 0 Å². The normalized spacial score (nSPS) is 13.3. The van der Waals surface area contributed by atoms with Crippen molar-refractivity contribution in [3.05, 3.63) is 59.5 Å². The predicted octanol–water partition coefficient (Wildman–Crippen LogP) is 4.23. The summed E-state index contributed by atoms with van der Waals surface area (Å²) in [7, 11) is 2.76. The second-order valence-electron chi connectivity index (χ2n) is 8.07. The van der Waals surface area contributed by atoms with E-state index in [-0.39, 0.29) is 39.9 Å². The molecule has 0 saturated heterocycles. The fourth-order valence-corrected chi connectivity index (χ4v) is 3.74. The Morgan fingerprint density at radius 3 is 2.43 bits per heavy atom. The average molecular weight is 516 g/mol. The number of amides is 1. The third-order valence-electron chi connectivity index (χ3n) is 5.49. The molecule has 1 unspecified atom stereocenters. The second kappa shape index (κ2) is 10.0. The minimum absolute atomic E-state index is 0.0172. The van der Waals surface area contributed by atoms with Crippen LogP contribution in [0.15, 0.2) is 41.1 Å². The van der Waals surface area contributed by atoms with Crippen molar-refractivity contribution in [2.24, 2.45) is 5.73 Å². The number of methoxy groups -OCH3 is 2. The number of rotatable bonds is 7. The van der Waals surface area contributed by atoms with Crippen molar-refractivity contribution in [1.29, 1.82) is 0 Å². The quantitative estimate of drug-likeness (QED) is 0.370. The van der Waals surface area contributed by atoms with Crippen molar-refractivity contribution in [2.75, 3.05) is 14.2 Å². The molecule has 1 aromatic carbocycles. The number of halogens is 3. The highest BCUT2D eigenvalue weighted by molar-refractivity contribution is 5.98. The molecule has 13 heteroatoms. The molecule has 0 saturated carbocycles. The largest absolute Gasteiger partial charge is 0.494 e. The maximum Gasteiger partial charge on any atom is 0.433 e. The maximum atomic E-state index is 13.3. The Balaban J connectivity index is 1.76. The van der Waals surface area contributed by atoms with E-state index in [1.54, 1.807) is 19.9 Å². The first-order valence-electron chi connectivity index (χ1n) is 11.0. The lowest BCUT2D eigenvalue weighted by Crippen LogP contribution is -2.29. The van der Waals surface area contributed by atoms with Crippen LogP contribution in [0.25, 0.3) is 22.4 Å². The molecule has 0 aliphatic carbocycles. The lowest BCUT2D eigenvalue weighted by Gasteiger charge is -2.15. The molecule has 37 heavy (non-hydrogen) atoms. The second-order valence-corrected chi connectivity index (χ2v) is 8.07. The number of benzene rings is 1. The number of oxazole rings is 1. The highest BCUT2D eigenvalue weighted by Crippen LogP contribution is 2.37. The van der Waals surface area contributed by atoms with E-state index in [0.29, 0.717) is 11.3 Å². The lowest BCUT2D eigenvalue weighted by molar-refractivity contribution is -0.140.